The molecule has 0 radical (unpaired) electrons. The molecule has 19 nitrogen and oxygen atoms in total. The van der Waals surface area contributed by atoms with Gasteiger partial charge in [0.05, 0.1) is 49.3 Å². The van der Waals surface area contributed by atoms with Gasteiger partial charge < -0.3 is 68.2 Å². The number of hydrogen-bond donors (Lipinski definition) is 5. The summed E-state index contributed by atoms with van der Waals surface area (Å²) >= 11 is 0. The van der Waals surface area contributed by atoms with E-state index in [1.807, 2.05) is 39.0 Å². The third-order valence-electron chi connectivity index (χ3n) is 16.5. The number of unbranched alkanes of at least 4 members (excludes halogenated alkanes) is 3. The Balaban J connectivity index is 1.04. The maximum Gasteiger partial charge on any atom is 0.338 e. The molecule has 4 saturated heterocycles. The van der Waals surface area contributed by atoms with Crippen LogP contribution in [0.2, 0.25) is 0 Å². The average molecular weight is 1070 g/mol. The zero-order valence-electron chi connectivity index (χ0n) is 46.7. The van der Waals surface area contributed by atoms with E-state index in [9.17, 15) is 24.6 Å². The lowest BCUT2D eigenvalue weighted by Gasteiger charge is -2.48. The molecule has 1 spiro atoms. The number of esters is 1. The van der Waals surface area contributed by atoms with Crippen molar-refractivity contribution in [3.8, 4) is 0 Å². The number of nitrogens with one attached hydrogen (secondary N) is 3. The number of ether oxygens (including phenoxy) is 10. The zero-order valence-corrected chi connectivity index (χ0v) is 46.7. The first-order chi connectivity index (χ1) is 36.3. The predicted molar refractivity (Wildman–Crippen MR) is 280 cm³/mol. The Bertz CT molecular complexity index is 2120. The summed E-state index contributed by atoms with van der Waals surface area (Å²) < 4.78 is 64.9. The highest BCUT2D eigenvalue weighted by Crippen LogP contribution is 2.47. The summed E-state index contributed by atoms with van der Waals surface area (Å²) in [7, 11) is 3.22. The molecular weight excluding hydrogens is 983 g/mol. The minimum atomic E-state index is -1.86. The van der Waals surface area contributed by atoms with Crippen molar-refractivity contribution in [1.29, 1.82) is 0 Å². The zero-order chi connectivity index (χ0) is 54.9. The maximum absolute atomic E-state index is 14.4. The summed E-state index contributed by atoms with van der Waals surface area (Å²) in [6.45, 7) is 18.7. The lowest BCUT2D eigenvalue weighted by Crippen LogP contribution is -2.58. The second kappa shape index (κ2) is 27.1. The van der Waals surface area contributed by atoms with Gasteiger partial charge in [-0.05, 0) is 75.7 Å². The Hall–Kier alpha value is -3.57. The monoisotopic (exact) mass is 1070 g/mol. The van der Waals surface area contributed by atoms with Crippen molar-refractivity contribution in [3.05, 3.63) is 59.3 Å². The van der Waals surface area contributed by atoms with Gasteiger partial charge in [0.25, 0.3) is 0 Å². The molecule has 7 rings (SSSR count). The van der Waals surface area contributed by atoms with Crippen molar-refractivity contribution in [2.45, 2.75) is 224 Å². The van der Waals surface area contributed by atoms with Gasteiger partial charge >= 0.3 is 12.0 Å². The molecule has 2 bridgehead atoms. The van der Waals surface area contributed by atoms with Gasteiger partial charge in [0.1, 0.15) is 42.0 Å². The number of aliphatic hydroxyl groups is 2. The first-order valence-electron chi connectivity index (χ1n) is 27.9. The van der Waals surface area contributed by atoms with E-state index in [1.165, 1.54) is 6.92 Å². The van der Waals surface area contributed by atoms with Gasteiger partial charge in [-0.15, -0.1) is 0 Å². The molecule has 7 aliphatic rings. The van der Waals surface area contributed by atoms with Gasteiger partial charge in [-0.1, -0.05) is 83.4 Å². The van der Waals surface area contributed by atoms with E-state index in [4.69, 9.17) is 52.2 Å². The average Bonchev–Trinajstić information content (AvgIpc) is 3.73. The summed E-state index contributed by atoms with van der Waals surface area (Å²) in [5.74, 6) is -2.73. The van der Waals surface area contributed by atoms with E-state index in [1.54, 1.807) is 33.3 Å². The SMILES string of the molecule is CC[C@H](C)[C@H]1O[C@]2(C=C[C@@H]1C)C[C@@H]1C[C@@H](C/C=C(\C)[C@@H](O[C@H]3C[C@H](OC)[C@@H](O[C@H]4C[C@H](OC)[C@H](ONC(=O)NCCCCCCNC(C)=O)[C@H](C)O4)[C@H](C)O3)[C@@H](C)/C=C/C=C3\CO[C@@H]4[C@H](O)C(C)=C[C@@H](C(=O)O1)[C@]34O)O2. The number of rotatable bonds is 17. The van der Waals surface area contributed by atoms with Crippen LogP contribution in [0, 0.1) is 23.7 Å². The van der Waals surface area contributed by atoms with Crippen molar-refractivity contribution in [3.63, 3.8) is 0 Å². The number of methoxy groups -OCH3 is 2. The summed E-state index contributed by atoms with van der Waals surface area (Å²) in [5, 5.41) is 29.5. The van der Waals surface area contributed by atoms with Crippen LogP contribution < -0.4 is 16.1 Å². The number of fused-ring (bicyclic) bond motifs is 2. The Kier molecular flexibility index (Phi) is 21.4. The number of carbonyl (C=O) groups excluding carboxylic acids is 3. The van der Waals surface area contributed by atoms with Gasteiger partial charge in [0, 0.05) is 71.8 Å². The first kappa shape index (κ1) is 60.1. The third-order valence-corrected chi connectivity index (χ3v) is 16.5. The quantitative estimate of drug-likeness (QED) is 0.0465. The number of urea groups is 1. The van der Waals surface area contributed by atoms with Crippen LogP contribution in [-0.2, 0) is 61.8 Å². The molecule has 4 fully saturated rings. The van der Waals surface area contributed by atoms with E-state index in [-0.39, 0.29) is 42.8 Å². The minimum Gasteiger partial charge on any atom is -0.462 e. The van der Waals surface area contributed by atoms with Crippen LogP contribution in [0.4, 0.5) is 4.79 Å². The van der Waals surface area contributed by atoms with E-state index in [2.05, 4.69) is 56.0 Å². The van der Waals surface area contributed by atoms with E-state index in [0.717, 1.165) is 37.7 Å². The topological polar surface area (TPSA) is 229 Å². The standard InChI is InChI=1S/C57H89N3O16/c1-12-32(2)50-35(5)22-23-56(75-50)30-42-27-41(74-56)21-20-34(4)49(33(3)18-17-19-40-31-68-53-48(62)36(6)26-43(54(63)71-42)57(40,53)65)72-46-28-44(66-10)51(37(7)69-46)73-47-29-45(67-11)52(38(8)70-47)76-60-55(64)59-25-16-14-13-15-24-58-39(9)61/h17-20,22-23,26,32-33,35,37-38,41-53,62,65H,12-16,21,24-25,27-31H2,1-11H3,(H,58,61)(H2,59,60,64)/b18-17+,34-20+,40-19+/t32-,33-,35-,37-,38-,41+,42-,43-,44-,45-,46-,47-,48+,49-,50+,51-,52+,53+,56+,57+/m0/s1. The summed E-state index contributed by atoms with van der Waals surface area (Å²) in [4.78, 5) is 43.9. The van der Waals surface area contributed by atoms with Gasteiger partial charge in [-0.25, -0.2) is 10.3 Å². The Labute approximate surface area is 450 Å². The molecule has 20 atom stereocenters. The number of hydroxylamine groups is 1. The van der Waals surface area contributed by atoms with Crippen LogP contribution in [0.1, 0.15) is 127 Å². The molecule has 76 heavy (non-hydrogen) atoms. The second-order valence-electron chi connectivity index (χ2n) is 22.3. The van der Waals surface area contributed by atoms with Crippen LogP contribution in [0.15, 0.2) is 59.3 Å². The lowest BCUT2D eigenvalue weighted by atomic mass is 9.71. The van der Waals surface area contributed by atoms with Crippen LogP contribution in [0.25, 0.3) is 0 Å². The Morgan fingerprint density at radius 3 is 2.21 bits per heavy atom. The van der Waals surface area contributed by atoms with Gasteiger partial charge in [0.2, 0.25) is 5.91 Å². The third kappa shape index (κ3) is 14.4. The number of aliphatic hydroxyl groups excluding tert-OH is 1. The summed E-state index contributed by atoms with van der Waals surface area (Å²) in [6.07, 6.45) is 11.5. The number of hydrogen-bond acceptors (Lipinski definition) is 16. The van der Waals surface area contributed by atoms with Crippen LogP contribution in [0.5, 0.6) is 0 Å². The largest absolute Gasteiger partial charge is 0.462 e. The van der Waals surface area contributed by atoms with Crippen molar-refractivity contribution in [1.82, 2.24) is 16.1 Å². The number of allylic oxidation sites excluding steroid dienone is 2. The highest BCUT2D eigenvalue weighted by Gasteiger charge is 2.60. The van der Waals surface area contributed by atoms with Crippen molar-refractivity contribution in [2.75, 3.05) is 33.9 Å². The minimum absolute atomic E-state index is 0.0133. The Morgan fingerprint density at radius 1 is 0.855 bits per heavy atom. The Morgan fingerprint density at radius 2 is 1.53 bits per heavy atom. The highest BCUT2D eigenvalue weighted by molar-refractivity contribution is 5.78. The maximum atomic E-state index is 14.4. The van der Waals surface area contributed by atoms with E-state index >= 15 is 0 Å². The molecule has 5 N–H and O–H groups in total. The fourth-order valence-corrected chi connectivity index (χ4v) is 11.9. The second-order valence-corrected chi connectivity index (χ2v) is 22.3. The lowest BCUT2D eigenvalue weighted by molar-refractivity contribution is -0.322. The van der Waals surface area contributed by atoms with Gasteiger partial charge in [-0.3, -0.25) is 14.4 Å². The van der Waals surface area contributed by atoms with Crippen LogP contribution >= 0.6 is 0 Å². The first-order valence-corrected chi connectivity index (χ1v) is 27.9. The summed E-state index contributed by atoms with van der Waals surface area (Å²) in [5.41, 5.74) is 2.56. The van der Waals surface area contributed by atoms with E-state index < -0.39 is 109 Å². The molecule has 1 aliphatic carbocycles. The molecule has 6 heterocycles. The van der Waals surface area contributed by atoms with Crippen molar-refractivity contribution < 1.29 is 76.8 Å². The molecule has 0 saturated carbocycles. The molecule has 0 unspecified atom stereocenters. The predicted octanol–water partition coefficient (Wildman–Crippen LogP) is 6.31. The molecule has 0 aromatic carbocycles. The van der Waals surface area contributed by atoms with Gasteiger partial charge in [-0.2, -0.15) is 0 Å². The van der Waals surface area contributed by atoms with Crippen LogP contribution in [0.3, 0.4) is 0 Å². The molecular formula is C57H89N3O16. The highest BCUT2D eigenvalue weighted by atomic mass is 16.7. The molecule has 0 aromatic rings. The number of carbonyl (C=O) groups is 3. The van der Waals surface area contributed by atoms with Crippen molar-refractivity contribution >= 4 is 17.9 Å². The van der Waals surface area contributed by atoms with E-state index in [0.29, 0.717) is 49.9 Å². The fraction of sp³-hybridized carbons (Fsp3) is 0.772. The molecule has 428 valence electrons. The smallest absolute Gasteiger partial charge is 0.338 e. The van der Waals surface area contributed by atoms with Crippen molar-refractivity contribution in [2.24, 2.45) is 23.7 Å². The normalized spacial score (nSPS) is 42.0. The van der Waals surface area contributed by atoms with Crippen LogP contribution in [-0.4, -0.2) is 159 Å². The number of amides is 3. The molecule has 0 aromatic heterocycles. The van der Waals surface area contributed by atoms with Gasteiger partial charge in [0.15, 0.2) is 18.4 Å². The fourth-order valence-electron chi connectivity index (χ4n) is 11.9. The molecule has 3 amide bonds. The summed E-state index contributed by atoms with van der Waals surface area (Å²) in [6, 6.07) is -0.461. The molecule has 6 aliphatic heterocycles. The molecule has 19 heteroatoms.